The first-order chi connectivity index (χ1) is 10.3. The van der Waals surface area contributed by atoms with Crippen molar-refractivity contribution in [3.8, 4) is 0 Å². The number of fused-ring (bicyclic) bond motifs is 3. The molecule has 1 aliphatic carbocycles. The zero-order valence-corrected chi connectivity index (χ0v) is 12.3. The first-order valence-corrected chi connectivity index (χ1v) is 7.67. The number of rotatable bonds is 1. The summed E-state index contributed by atoms with van der Waals surface area (Å²) in [5, 5.41) is 2.73. The molecule has 0 fully saturated rings. The van der Waals surface area contributed by atoms with Crippen LogP contribution < -0.4 is 0 Å². The van der Waals surface area contributed by atoms with Crippen LogP contribution in [0.5, 0.6) is 0 Å². The van der Waals surface area contributed by atoms with E-state index in [4.69, 9.17) is 0 Å². The van der Waals surface area contributed by atoms with Crippen LogP contribution in [0.25, 0.3) is 21.8 Å². The normalized spacial score (nSPS) is 18.4. The SMILES string of the molecule is Cc1ccc2c(c1)c1ccccc1n2C1C=CC=CCC1. The van der Waals surface area contributed by atoms with Gasteiger partial charge in [0.15, 0.2) is 0 Å². The smallest absolute Gasteiger partial charge is 0.0528 e. The van der Waals surface area contributed by atoms with Gasteiger partial charge in [-0.05, 0) is 38.0 Å². The van der Waals surface area contributed by atoms with Gasteiger partial charge in [-0.15, -0.1) is 0 Å². The van der Waals surface area contributed by atoms with Crippen LogP contribution >= 0.6 is 0 Å². The summed E-state index contributed by atoms with van der Waals surface area (Å²) in [6, 6.07) is 16.0. The Kier molecular flexibility index (Phi) is 2.92. The quantitative estimate of drug-likeness (QED) is 0.547. The van der Waals surface area contributed by atoms with Crippen molar-refractivity contribution < 1.29 is 0 Å². The van der Waals surface area contributed by atoms with Crippen LogP contribution in [0.1, 0.15) is 24.4 Å². The van der Waals surface area contributed by atoms with Gasteiger partial charge in [0.25, 0.3) is 0 Å². The van der Waals surface area contributed by atoms with Crippen LogP contribution in [0.15, 0.2) is 66.8 Å². The van der Waals surface area contributed by atoms with Crippen LogP contribution in [0.2, 0.25) is 0 Å². The van der Waals surface area contributed by atoms with Gasteiger partial charge in [-0.25, -0.2) is 0 Å². The Labute approximate surface area is 125 Å². The number of para-hydroxylation sites is 1. The van der Waals surface area contributed by atoms with Crippen molar-refractivity contribution in [1.29, 1.82) is 0 Å². The lowest BCUT2D eigenvalue weighted by Gasteiger charge is -2.16. The van der Waals surface area contributed by atoms with E-state index in [2.05, 4.69) is 78.3 Å². The predicted octanol–water partition coefficient (Wildman–Crippen LogP) is 5.55. The minimum Gasteiger partial charge on any atom is -0.333 e. The second-order valence-electron chi connectivity index (χ2n) is 5.87. The topological polar surface area (TPSA) is 4.93 Å². The standard InChI is InChI=1S/C20H19N/c1-15-12-13-20-18(14-15)17-10-6-7-11-19(17)21(20)16-8-4-2-3-5-9-16/h2-4,6-8,10-14,16H,5,9H2,1H3. The van der Waals surface area contributed by atoms with Crippen LogP contribution in [-0.2, 0) is 0 Å². The molecule has 3 aromatic rings. The Balaban J connectivity index is 2.05. The molecule has 0 saturated heterocycles. The fourth-order valence-corrected chi connectivity index (χ4v) is 3.42. The average Bonchev–Trinajstić information content (AvgIpc) is 2.67. The monoisotopic (exact) mass is 273 g/mol. The van der Waals surface area contributed by atoms with Crippen molar-refractivity contribution >= 4 is 21.8 Å². The average molecular weight is 273 g/mol. The molecule has 21 heavy (non-hydrogen) atoms. The summed E-state index contributed by atoms with van der Waals surface area (Å²) in [6.45, 7) is 2.17. The van der Waals surface area contributed by atoms with Gasteiger partial charge < -0.3 is 4.57 Å². The molecule has 1 nitrogen and oxygen atoms in total. The fraction of sp³-hybridized carbons (Fsp3) is 0.200. The van der Waals surface area contributed by atoms with E-state index in [1.165, 1.54) is 27.4 Å². The maximum absolute atomic E-state index is 2.51. The summed E-state index contributed by atoms with van der Waals surface area (Å²) in [4.78, 5) is 0. The van der Waals surface area contributed by atoms with E-state index in [1.54, 1.807) is 0 Å². The first-order valence-electron chi connectivity index (χ1n) is 7.67. The van der Waals surface area contributed by atoms with Gasteiger partial charge in [0.2, 0.25) is 0 Å². The van der Waals surface area contributed by atoms with Crippen LogP contribution in [0.3, 0.4) is 0 Å². The number of hydrogen-bond acceptors (Lipinski definition) is 0. The molecule has 0 saturated carbocycles. The molecule has 104 valence electrons. The molecule has 0 bridgehead atoms. The molecule has 1 atom stereocenters. The molecule has 0 spiro atoms. The number of benzene rings is 2. The van der Waals surface area contributed by atoms with E-state index < -0.39 is 0 Å². The molecule has 0 amide bonds. The lowest BCUT2D eigenvalue weighted by Crippen LogP contribution is -2.05. The summed E-state index contributed by atoms with van der Waals surface area (Å²) in [7, 11) is 0. The third kappa shape index (κ3) is 2.01. The van der Waals surface area contributed by atoms with Gasteiger partial charge in [-0.1, -0.05) is 54.1 Å². The Hall–Kier alpha value is -2.28. The third-order valence-corrected chi connectivity index (χ3v) is 4.41. The fourth-order valence-electron chi connectivity index (χ4n) is 3.42. The minimum absolute atomic E-state index is 0.435. The highest BCUT2D eigenvalue weighted by atomic mass is 15.0. The number of hydrogen-bond donors (Lipinski definition) is 0. The highest BCUT2D eigenvalue weighted by molar-refractivity contribution is 6.08. The maximum Gasteiger partial charge on any atom is 0.0528 e. The van der Waals surface area contributed by atoms with Crippen molar-refractivity contribution in [3.05, 3.63) is 72.3 Å². The molecule has 2 aromatic carbocycles. The van der Waals surface area contributed by atoms with E-state index >= 15 is 0 Å². The molecule has 1 heterocycles. The third-order valence-electron chi connectivity index (χ3n) is 4.41. The molecule has 1 heteroatoms. The van der Waals surface area contributed by atoms with Gasteiger partial charge in [-0.2, -0.15) is 0 Å². The molecule has 1 unspecified atom stereocenters. The number of aryl methyl sites for hydroxylation is 1. The van der Waals surface area contributed by atoms with Gasteiger partial charge in [0.05, 0.1) is 6.04 Å². The van der Waals surface area contributed by atoms with Crippen LogP contribution in [0, 0.1) is 6.92 Å². The van der Waals surface area contributed by atoms with Crippen LogP contribution in [-0.4, -0.2) is 4.57 Å². The molecule has 0 aliphatic heterocycles. The molecule has 1 aromatic heterocycles. The molecular formula is C20H19N. The van der Waals surface area contributed by atoms with Crippen molar-refractivity contribution in [2.24, 2.45) is 0 Å². The van der Waals surface area contributed by atoms with Crippen molar-refractivity contribution in [2.75, 3.05) is 0 Å². The largest absolute Gasteiger partial charge is 0.333 e. The van der Waals surface area contributed by atoms with Gasteiger partial charge in [0.1, 0.15) is 0 Å². The summed E-state index contributed by atoms with van der Waals surface area (Å²) in [6.07, 6.45) is 11.2. The predicted molar refractivity (Wildman–Crippen MR) is 90.7 cm³/mol. The summed E-state index contributed by atoms with van der Waals surface area (Å²) in [5.41, 5.74) is 4.01. The second-order valence-corrected chi connectivity index (χ2v) is 5.87. The summed E-state index contributed by atoms with van der Waals surface area (Å²) in [5.74, 6) is 0. The van der Waals surface area contributed by atoms with Gasteiger partial charge >= 0.3 is 0 Å². The Morgan fingerprint density at radius 3 is 2.76 bits per heavy atom. The Morgan fingerprint density at radius 1 is 0.952 bits per heavy atom. The number of aromatic nitrogens is 1. The summed E-state index contributed by atoms with van der Waals surface area (Å²) >= 11 is 0. The number of allylic oxidation sites excluding steroid dienone is 4. The van der Waals surface area contributed by atoms with Crippen molar-refractivity contribution in [2.45, 2.75) is 25.8 Å². The molecule has 0 N–H and O–H groups in total. The van der Waals surface area contributed by atoms with E-state index in [1.807, 2.05) is 0 Å². The molecule has 4 rings (SSSR count). The second kappa shape index (κ2) is 4.92. The Bertz CT molecular complexity index is 864. The lowest BCUT2D eigenvalue weighted by atomic mass is 10.1. The van der Waals surface area contributed by atoms with Crippen molar-refractivity contribution in [1.82, 2.24) is 4.57 Å². The molecular weight excluding hydrogens is 254 g/mol. The maximum atomic E-state index is 2.51. The zero-order chi connectivity index (χ0) is 14.2. The molecule has 0 radical (unpaired) electrons. The first kappa shape index (κ1) is 12.5. The highest BCUT2D eigenvalue weighted by Crippen LogP contribution is 2.34. The van der Waals surface area contributed by atoms with Crippen LogP contribution in [0.4, 0.5) is 0 Å². The van der Waals surface area contributed by atoms with Gasteiger partial charge in [0, 0.05) is 21.8 Å². The number of nitrogens with zero attached hydrogens (tertiary/aromatic N) is 1. The zero-order valence-electron chi connectivity index (χ0n) is 12.3. The summed E-state index contributed by atoms with van der Waals surface area (Å²) < 4.78 is 2.51. The van der Waals surface area contributed by atoms with Gasteiger partial charge in [-0.3, -0.25) is 0 Å². The Morgan fingerprint density at radius 2 is 1.81 bits per heavy atom. The van der Waals surface area contributed by atoms with E-state index in [0.29, 0.717) is 6.04 Å². The van der Waals surface area contributed by atoms with E-state index in [-0.39, 0.29) is 0 Å². The lowest BCUT2D eigenvalue weighted by molar-refractivity contribution is 0.598. The van der Waals surface area contributed by atoms with E-state index in [0.717, 1.165) is 12.8 Å². The minimum atomic E-state index is 0.435. The van der Waals surface area contributed by atoms with E-state index in [9.17, 15) is 0 Å². The highest BCUT2D eigenvalue weighted by Gasteiger charge is 2.16. The van der Waals surface area contributed by atoms with Crippen molar-refractivity contribution in [3.63, 3.8) is 0 Å². The molecule has 1 aliphatic rings.